The Kier molecular flexibility index (Phi) is 14.1. The predicted molar refractivity (Wildman–Crippen MR) is 137 cm³/mol. The van der Waals surface area contributed by atoms with Crippen molar-refractivity contribution in [2.45, 2.75) is 91.3 Å². The van der Waals surface area contributed by atoms with Crippen LogP contribution in [0.4, 0.5) is 4.79 Å². The average molecular weight is 554 g/mol. The predicted octanol–water partition coefficient (Wildman–Crippen LogP) is 3.50. The van der Waals surface area contributed by atoms with E-state index in [1.807, 2.05) is 34.7 Å². The zero-order valence-corrected chi connectivity index (χ0v) is 22.7. The summed E-state index contributed by atoms with van der Waals surface area (Å²) in [7, 11) is 1.99. The summed E-state index contributed by atoms with van der Waals surface area (Å²) >= 11 is 0. The maximum Gasteiger partial charge on any atom is 0.407 e. The van der Waals surface area contributed by atoms with Gasteiger partial charge < -0.3 is 25.6 Å². The summed E-state index contributed by atoms with van der Waals surface area (Å²) < 4.78 is 5.39. The second-order valence-electron chi connectivity index (χ2n) is 9.39. The summed E-state index contributed by atoms with van der Waals surface area (Å²) in [5.41, 5.74) is -0.511. The van der Waals surface area contributed by atoms with E-state index in [4.69, 9.17) is 4.74 Å². The molecule has 1 fully saturated rings. The van der Waals surface area contributed by atoms with Crippen LogP contribution in [0.15, 0.2) is 4.99 Å². The Morgan fingerprint density at radius 1 is 1.23 bits per heavy atom. The highest BCUT2D eigenvalue weighted by Crippen LogP contribution is 2.18. The molecule has 9 heteroatoms. The molecule has 1 saturated carbocycles. The minimum absolute atomic E-state index is 0. The molecule has 1 aliphatic carbocycles. The van der Waals surface area contributed by atoms with Gasteiger partial charge in [0.05, 0.1) is 0 Å². The fraction of sp³-hybridized carbons (Fsp3) is 0.864. The molecule has 0 spiro atoms. The van der Waals surface area contributed by atoms with E-state index in [9.17, 15) is 9.59 Å². The number of nitrogens with one attached hydrogen (secondary N) is 3. The number of carbonyl (C=O) groups excluding carboxylic acids is 2. The average Bonchev–Trinajstić information content (AvgIpc) is 3.43. The Bertz CT molecular complexity index is 574. The number of rotatable bonds is 11. The summed E-state index contributed by atoms with van der Waals surface area (Å²) in [6.45, 7) is 13.9. The van der Waals surface area contributed by atoms with Crippen molar-refractivity contribution in [3.05, 3.63) is 0 Å². The number of alkyl carbamates (subject to hydrolysis) is 1. The molecule has 1 rings (SSSR count). The lowest BCUT2D eigenvalue weighted by Gasteiger charge is -2.28. The quantitative estimate of drug-likeness (QED) is 0.158. The molecule has 8 nitrogen and oxygen atoms in total. The van der Waals surface area contributed by atoms with Crippen LogP contribution in [-0.2, 0) is 9.53 Å². The van der Waals surface area contributed by atoms with Gasteiger partial charge in [-0.15, -0.1) is 24.0 Å². The first kappa shape index (κ1) is 29.7. The van der Waals surface area contributed by atoms with Crippen molar-refractivity contribution < 1.29 is 14.3 Å². The molecule has 0 aromatic rings. The summed E-state index contributed by atoms with van der Waals surface area (Å²) in [6.07, 6.45) is 3.86. The van der Waals surface area contributed by atoms with Crippen molar-refractivity contribution >= 4 is 41.9 Å². The van der Waals surface area contributed by atoms with Crippen LogP contribution in [0.2, 0.25) is 0 Å². The lowest BCUT2D eigenvalue weighted by atomic mass is 10.0. The maximum absolute atomic E-state index is 12.1. The number of hydrogen-bond donors (Lipinski definition) is 3. The molecule has 1 unspecified atom stereocenters. The first-order valence-corrected chi connectivity index (χ1v) is 11.3. The van der Waals surface area contributed by atoms with Crippen molar-refractivity contribution in [2.75, 3.05) is 26.7 Å². The molecule has 0 aromatic carbocycles. The van der Waals surface area contributed by atoms with Crippen LogP contribution >= 0.6 is 24.0 Å². The Balaban J connectivity index is 0.00000900. The van der Waals surface area contributed by atoms with E-state index in [0.717, 1.165) is 44.7 Å². The van der Waals surface area contributed by atoms with Crippen LogP contribution in [-0.4, -0.2) is 67.2 Å². The molecule has 2 amide bonds. The van der Waals surface area contributed by atoms with E-state index < -0.39 is 5.60 Å². The number of amides is 2. The van der Waals surface area contributed by atoms with Gasteiger partial charge in [-0.1, -0.05) is 13.8 Å². The van der Waals surface area contributed by atoms with Crippen molar-refractivity contribution in [3.63, 3.8) is 0 Å². The lowest BCUT2D eigenvalue weighted by molar-refractivity contribution is -0.121. The Hall–Kier alpha value is -1.26. The second kappa shape index (κ2) is 14.7. The van der Waals surface area contributed by atoms with Crippen molar-refractivity contribution in [2.24, 2.45) is 10.9 Å². The van der Waals surface area contributed by atoms with Crippen LogP contribution in [0.5, 0.6) is 0 Å². The largest absolute Gasteiger partial charge is 0.444 e. The first-order valence-electron chi connectivity index (χ1n) is 11.3. The first-order chi connectivity index (χ1) is 14.0. The smallest absolute Gasteiger partial charge is 0.407 e. The van der Waals surface area contributed by atoms with E-state index in [-0.39, 0.29) is 47.9 Å². The van der Waals surface area contributed by atoms with Crippen molar-refractivity contribution in [1.82, 2.24) is 20.9 Å². The van der Waals surface area contributed by atoms with Gasteiger partial charge in [-0.3, -0.25) is 9.79 Å². The topological polar surface area (TPSA) is 95.1 Å². The van der Waals surface area contributed by atoms with Crippen LogP contribution in [0.3, 0.4) is 0 Å². The molecular weight excluding hydrogens is 509 g/mol. The molecule has 0 bridgehead atoms. The van der Waals surface area contributed by atoms with E-state index in [0.29, 0.717) is 19.0 Å². The summed E-state index contributed by atoms with van der Waals surface area (Å²) in [5.74, 6) is 1.23. The zero-order chi connectivity index (χ0) is 22.7. The van der Waals surface area contributed by atoms with Gasteiger partial charge in [-0.25, -0.2) is 4.79 Å². The van der Waals surface area contributed by atoms with E-state index in [1.54, 1.807) is 0 Å². The number of hydrogen-bond acceptors (Lipinski definition) is 4. The number of halogens is 1. The highest BCUT2D eigenvalue weighted by Gasteiger charge is 2.23. The summed E-state index contributed by atoms with van der Waals surface area (Å²) in [6, 6.07) is 0.420. The summed E-state index contributed by atoms with van der Waals surface area (Å²) in [4.78, 5) is 30.6. The molecule has 0 radical (unpaired) electrons. The zero-order valence-electron chi connectivity index (χ0n) is 20.4. The number of aliphatic imine (C=N–C) groups is 1. The van der Waals surface area contributed by atoms with Crippen LogP contribution < -0.4 is 16.0 Å². The van der Waals surface area contributed by atoms with E-state index in [1.165, 1.54) is 0 Å². The second-order valence-corrected chi connectivity index (χ2v) is 9.39. The maximum atomic E-state index is 12.1. The van der Waals surface area contributed by atoms with Gasteiger partial charge in [0.15, 0.2) is 5.96 Å². The third-order valence-electron chi connectivity index (χ3n) is 4.74. The standard InChI is InChI=1S/C22H43N5O3.HI/c1-8-23-20(24-14-9-10-19(28)25-17-11-12-17)27(7)15-13-18(16(2)3)26-21(29)30-22(4,5)6;/h16-18H,8-15H2,1-7H3,(H,23,24)(H,25,28)(H,26,29);1H. The van der Waals surface area contributed by atoms with Gasteiger partial charge in [0.25, 0.3) is 0 Å². The SMILES string of the molecule is CCNC(=NCCCC(=O)NC1CC1)N(C)CCC(NC(=O)OC(C)(C)C)C(C)C.I. The monoisotopic (exact) mass is 553 g/mol. The van der Waals surface area contributed by atoms with Crippen molar-refractivity contribution in [3.8, 4) is 0 Å². The molecule has 0 aliphatic heterocycles. The molecular formula is C22H44IN5O3. The van der Waals surface area contributed by atoms with Crippen molar-refractivity contribution in [1.29, 1.82) is 0 Å². The molecule has 3 N–H and O–H groups in total. The third kappa shape index (κ3) is 14.4. The molecule has 182 valence electrons. The van der Waals surface area contributed by atoms with Gasteiger partial charge in [0.1, 0.15) is 5.60 Å². The minimum atomic E-state index is -0.511. The van der Waals surface area contributed by atoms with Crippen LogP contribution in [0.1, 0.15) is 73.6 Å². The van der Waals surface area contributed by atoms with Gasteiger partial charge in [0.2, 0.25) is 5.91 Å². The highest BCUT2D eigenvalue weighted by molar-refractivity contribution is 14.0. The van der Waals surface area contributed by atoms with E-state index >= 15 is 0 Å². The number of ether oxygens (including phenoxy) is 1. The van der Waals surface area contributed by atoms with Gasteiger partial charge in [0, 0.05) is 45.2 Å². The molecule has 0 aromatic heterocycles. The van der Waals surface area contributed by atoms with Crippen LogP contribution in [0.25, 0.3) is 0 Å². The molecule has 0 heterocycles. The molecule has 1 aliphatic rings. The third-order valence-corrected chi connectivity index (χ3v) is 4.74. The fourth-order valence-electron chi connectivity index (χ4n) is 2.89. The molecule has 1 atom stereocenters. The van der Waals surface area contributed by atoms with Crippen LogP contribution in [0, 0.1) is 5.92 Å². The summed E-state index contributed by atoms with van der Waals surface area (Å²) in [5, 5.41) is 9.30. The number of carbonyl (C=O) groups is 2. The Morgan fingerprint density at radius 2 is 1.87 bits per heavy atom. The van der Waals surface area contributed by atoms with Gasteiger partial charge >= 0.3 is 6.09 Å². The van der Waals surface area contributed by atoms with Gasteiger partial charge in [-0.2, -0.15) is 0 Å². The molecule has 0 saturated heterocycles. The Labute approximate surface area is 205 Å². The number of nitrogens with zero attached hydrogens (tertiary/aromatic N) is 2. The van der Waals surface area contributed by atoms with E-state index in [2.05, 4.69) is 39.7 Å². The Morgan fingerprint density at radius 3 is 2.39 bits per heavy atom. The fourth-order valence-corrected chi connectivity index (χ4v) is 2.89. The highest BCUT2D eigenvalue weighted by atomic mass is 127. The minimum Gasteiger partial charge on any atom is -0.444 e. The normalized spacial score (nSPS) is 15.0. The molecule has 31 heavy (non-hydrogen) atoms. The lowest BCUT2D eigenvalue weighted by Crippen LogP contribution is -2.45. The van der Waals surface area contributed by atoms with Gasteiger partial charge in [-0.05, 0) is 59.3 Å². The number of guanidine groups is 1.